The summed E-state index contributed by atoms with van der Waals surface area (Å²) in [4.78, 5) is 19.1. The number of amides is 1. The number of halogens is 1. The summed E-state index contributed by atoms with van der Waals surface area (Å²) in [7, 11) is 0. The third-order valence-electron chi connectivity index (χ3n) is 10.5. The summed E-state index contributed by atoms with van der Waals surface area (Å²) in [5, 5.41) is 24.8. The third kappa shape index (κ3) is 8.13. The van der Waals surface area contributed by atoms with Crippen LogP contribution in [0, 0.1) is 5.92 Å². The zero-order valence-corrected chi connectivity index (χ0v) is 30.0. The van der Waals surface area contributed by atoms with E-state index in [9.17, 15) is 15.0 Å². The minimum atomic E-state index is -0.881. The number of carbonyl (C=O) groups is 1. The van der Waals surface area contributed by atoms with Gasteiger partial charge in [0.25, 0.3) is 5.91 Å². The molecule has 9 heteroatoms. The first-order valence-electron chi connectivity index (χ1n) is 17.9. The van der Waals surface area contributed by atoms with Gasteiger partial charge in [-0.05, 0) is 70.5 Å². The second kappa shape index (κ2) is 16.1. The van der Waals surface area contributed by atoms with Crippen molar-refractivity contribution in [2.24, 2.45) is 5.92 Å². The van der Waals surface area contributed by atoms with Gasteiger partial charge < -0.3 is 29.9 Å². The smallest absolute Gasteiger partial charge is 0.253 e. The van der Waals surface area contributed by atoms with Gasteiger partial charge in [-0.1, -0.05) is 103 Å². The van der Waals surface area contributed by atoms with Crippen molar-refractivity contribution >= 4 is 17.5 Å². The van der Waals surface area contributed by atoms with Crippen LogP contribution in [0.2, 0.25) is 5.02 Å². The lowest BCUT2D eigenvalue weighted by Crippen LogP contribution is -2.49. The van der Waals surface area contributed by atoms with E-state index in [2.05, 4.69) is 52.5 Å². The number of hydrogen-bond donors (Lipinski definition) is 3. The SMILES string of the molecule is C[C@@H]1[C@H](CN2CCC(O)(c3ccc(Cl)cc3)CC2)O[C@H](c2ccc(-c3ccccc3CNC(=O)c3cccnc3)cc2)O[C@@H]1c1ccc(CO)cc1. The van der Waals surface area contributed by atoms with E-state index in [4.69, 9.17) is 21.1 Å². The number of rotatable bonds is 10. The fourth-order valence-electron chi connectivity index (χ4n) is 7.29. The molecule has 0 aliphatic carbocycles. The maximum Gasteiger partial charge on any atom is 0.253 e. The molecule has 4 aromatic carbocycles. The van der Waals surface area contributed by atoms with Crippen LogP contribution in [0.5, 0.6) is 0 Å². The van der Waals surface area contributed by atoms with Crippen LogP contribution in [0.3, 0.4) is 0 Å². The van der Waals surface area contributed by atoms with Gasteiger partial charge in [0.15, 0.2) is 6.29 Å². The summed E-state index contributed by atoms with van der Waals surface area (Å²) in [5.41, 5.74) is 6.40. The number of carbonyl (C=O) groups excluding carboxylic acids is 1. The maximum atomic E-state index is 12.7. The second-order valence-corrected chi connectivity index (χ2v) is 14.3. The quantitative estimate of drug-likeness (QED) is 0.137. The first-order valence-corrected chi connectivity index (χ1v) is 18.3. The molecule has 5 aromatic rings. The number of nitrogens with one attached hydrogen (secondary N) is 1. The number of piperidine rings is 1. The molecule has 3 N–H and O–H groups in total. The average Bonchev–Trinajstić information content (AvgIpc) is 3.19. The van der Waals surface area contributed by atoms with Gasteiger partial charge in [-0.25, -0.2) is 0 Å². The molecule has 0 bridgehead atoms. The molecule has 0 saturated carbocycles. The van der Waals surface area contributed by atoms with Gasteiger partial charge >= 0.3 is 0 Å². The summed E-state index contributed by atoms with van der Waals surface area (Å²) < 4.78 is 13.5. The van der Waals surface area contributed by atoms with Crippen molar-refractivity contribution in [3.05, 3.63) is 160 Å². The molecular formula is C43H44ClN3O5. The predicted octanol–water partition coefficient (Wildman–Crippen LogP) is 7.60. The van der Waals surface area contributed by atoms with E-state index >= 15 is 0 Å². The molecule has 52 heavy (non-hydrogen) atoms. The Bertz CT molecular complexity index is 1930. The van der Waals surface area contributed by atoms with Crippen LogP contribution >= 0.6 is 11.6 Å². The number of aromatic nitrogens is 1. The van der Waals surface area contributed by atoms with Crippen molar-refractivity contribution in [2.75, 3.05) is 19.6 Å². The number of pyridine rings is 1. The van der Waals surface area contributed by atoms with E-state index in [1.807, 2.05) is 66.7 Å². The molecule has 7 rings (SSSR count). The van der Waals surface area contributed by atoms with Crippen LogP contribution < -0.4 is 5.32 Å². The number of ether oxygens (including phenoxy) is 2. The Morgan fingerprint density at radius 3 is 2.31 bits per heavy atom. The number of nitrogens with zero attached hydrogens (tertiary/aromatic N) is 2. The Morgan fingerprint density at radius 2 is 1.62 bits per heavy atom. The topological polar surface area (TPSA) is 104 Å². The number of likely N-dealkylation sites (tertiary alicyclic amines) is 1. The van der Waals surface area contributed by atoms with E-state index in [1.54, 1.807) is 24.5 Å². The Balaban J connectivity index is 1.08. The zero-order valence-electron chi connectivity index (χ0n) is 29.2. The van der Waals surface area contributed by atoms with Crippen molar-refractivity contribution in [2.45, 2.75) is 57.0 Å². The first kappa shape index (κ1) is 36.0. The predicted molar refractivity (Wildman–Crippen MR) is 201 cm³/mol. The van der Waals surface area contributed by atoms with E-state index in [1.165, 1.54) is 0 Å². The van der Waals surface area contributed by atoms with Crippen LogP contribution in [-0.2, 0) is 28.2 Å². The number of benzene rings is 4. The molecule has 2 aliphatic heterocycles. The Morgan fingerprint density at radius 1 is 0.904 bits per heavy atom. The second-order valence-electron chi connectivity index (χ2n) is 13.9. The molecule has 1 aromatic heterocycles. The monoisotopic (exact) mass is 717 g/mol. The number of hydrogen-bond acceptors (Lipinski definition) is 7. The molecule has 2 fully saturated rings. The van der Waals surface area contributed by atoms with Crippen LogP contribution in [0.25, 0.3) is 11.1 Å². The van der Waals surface area contributed by atoms with Crippen LogP contribution in [0.4, 0.5) is 0 Å². The van der Waals surface area contributed by atoms with Crippen LogP contribution in [0.1, 0.15) is 70.3 Å². The molecule has 3 heterocycles. The summed E-state index contributed by atoms with van der Waals surface area (Å²) in [5.74, 6) is -0.127. The highest BCUT2D eigenvalue weighted by Crippen LogP contribution is 2.43. The van der Waals surface area contributed by atoms with E-state index < -0.39 is 11.9 Å². The van der Waals surface area contributed by atoms with Gasteiger partial charge in [0.1, 0.15) is 0 Å². The van der Waals surface area contributed by atoms with Crippen molar-refractivity contribution < 1.29 is 24.5 Å². The highest BCUT2D eigenvalue weighted by molar-refractivity contribution is 6.30. The molecule has 0 spiro atoms. The lowest BCUT2D eigenvalue weighted by Gasteiger charge is -2.45. The number of aliphatic hydroxyl groups is 2. The van der Waals surface area contributed by atoms with Crippen molar-refractivity contribution in [1.82, 2.24) is 15.2 Å². The molecule has 4 atom stereocenters. The minimum Gasteiger partial charge on any atom is -0.392 e. The average molecular weight is 718 g/mol. The minimum absolute atomic E-state index is 0.0145. The lowest BCUT2D eigenvalue weighted by atomic mass is 9.84. The fraction of sp³-hybridized carbons (Fsp3) is 0.302. The zero-order chi connectivity index (χ0) is 36.1. The molecular weight excluding hydrogens is 674 g/mol. The largest absolute Gasteiger partial charge is 0.392 e. The van der Waals surface area contributed by atoms with Crippen molar-refractivity contribution in [3.63, 3.8) is 0 Å². The third-order valence-corrected chi connectivity index (χ3v) is 10.8. The molecule has 2 saturated heterocycles. The van der Waals surface area contributed by atoms with Crippen LogP contribution in [-0.4, -0.2) is 51.7 Å². The summed E-state index contributed by atoms with van der Waals surface area (Å²) in [6, 6.07) is 35.3. The standard InChI is InChI=1S/C43H44ClN3O5/c1-29-39(27-47-23-20-43(50,21-24-47)36-16-18-37(44)19-17-36)51-42(52-40(29)32-10-8-30(28-48)9-11-32)33-14-12-31(13-15-33)38-7-3-2-5-34(38)26-46-41(49)35-6-4-22-45-25-35/h2-19,22,25,29,39-40,42,48,50H,20-21,23-24,26-28H2,1H3,(H,46,49)/t29-,39+,40+,42+/m1/s1. The highest BCUT2D eigenvalue weighted by Gasteiger charge is 2.41. The van der Waals surface area contributed by atoms with Gasteiger partial charge in [0.2, 0.25) is 0 Å². The maximum absolute atomic E-state index is 12.7. The van der Waals surface area contributed by atoms with E-state index in [0.29, 0.717) is 36.5 Å². The Labute approximate surface area is 310 Å². The molecule has 268 valence electrons. The summed E-state index contributed by atoms with van der Waals surface area (Å²) in [6.45, 7) is 4.73. The Hall–Kier alpha value is -4.41. The van der Waals surface area contributed by atoms with E-state index in [0.717, 1.165) is 52.0 Å². The molecule has 8 nitrogen and oxygen atoms in total. The molecule has 0 unspecified atom stereocenters. The van der Waals surface area contributed by atoms with Gasteiger partial charge in [0, 0.05) is 55.1 Å². The van der Waals surface area contributed by atoms with Crippen molar-refractivity contribution in [3.8, 4) is 11.1 Å². The van der Waals surface area contributed by atoms with Gasteiger partial charge in [0.05, 0.1) is 30.0 Å². The molecule has 1 amide bonds. The van der Waals surface area contributed by atoms with Gasteiger partial charge in [-0.15, -0.1) is 0 Å². The van der Waals surface area contributed by atoms with Gasteiger partial charge in [-0.3, -0.25) is 9.78 Å². The summed E-state index contributed by atoms with van der Waals surface area (Å²) >= 11 is 6.11. The molecule has 0 radical (unpaired) electrons. The van der Waals surface area contributed by atoms with E-state index in [-0.39, 0.29) is 30.6 Å². The van der Waals surface area contributed by atoms with Crippen molar-refractivity contribution in [1.29, 1.82) is 0 Å². The normalized spacial score (nSPS) is 21.8. The molecule has 2 aliphatic rings. The van der Waals surface area contributed by atoms with Gasteiger partial charge in [-0.2, -0.15) is 0 Å². The number of aliphatic hydroxyl groups excluding tert-OH is 1. The fourth-order valence-corrected chi connectivity index (χ4v) is 7.41. The Kier molecular flexibility index (Phi) is 11.1. The van der Waals surface area contributed by atoms with Crippen LogP contribution in [0.15, 0.2) is 122 Å². The highest BCUT2D eigenvalue weighted by atomic mass is 35.5. The lowest BCUT2D eigenvalue weighted by molar-refractivity contribution is -0.277. The summed E-state index contributed by atoms with van der Waals surface area (Å²) in [6.07, 6.45) is 3.50. The first-order chi connectivity index (χ1) is 25.3.